The molecule has 1 aromatic carbocycles. The van der Waals surface area contributed by atoms with Gasteiger partial charge in [0, 0.05) is 30.7 Å². The molecule has 0 saturated heterocycles. The van der Waals surface area contributed by atoms with E-state index in [1.54, 1.807) is 12.1 Å². The molecular formula is C18H24ClN3O2. The Bertz CT molecular complexity index is 680. The van der Waals surface area contributed by atoms with Crippen molar-refractivity contribution in [3.8, 4) is 5.75 Å². The van der Waals surface area contributed by atoms with Gasteiger partial charge in [-0.15, -0.1) is 0 Å². The molecule has 0 spiro atoms. The minimum Gasteiger partial charge on any atom is -0.494 e. The number of nitrogens with one attached hydrogen (secondary N) is 1. The van der Waals surface area contributed by atoms with Gasteiger partial charge in [0.2, 0.25) is 5.91 Å². The second-order valence-corrected chi connectivity index (χ2v) is 6.22. The first-order chi connectivity index (χ1) is 11.5. The highest BCUT2D eigenvalue weighted by atomic mass is 35.5. The Balaban J connectivity index is 1.62. The van der Waals surface area contributed by atoms with E-state index in [2.05, 4.69) is 10.4 Å². The SMILES string of the molecule is Cc1nn(C)c(C)c1CCNC(=O)CCCOc1ccc(Cl)cc1. The normalized spacial score (nSPS) is 10.7. The first-order valence-corrected chi connectivity index (χ1v) is 8.49. The van der Waals surface area contributed by atoms with Gasteiger partial charge in [-0.05, 0) is 56.5 Å². The van der Waals surface area contributed by atoms with Crippen molar-refractivity contribution >= 4 is 17.5 Å². The number of amides is 1. The summed E-state index contributed by atoms with van der Waals surface area (Å²) in [5, 5.41) is 8.02. The van der Waals surface area contributed by atoms with E-state index >= 15 is 0 Å². The maximum Gasteiger partial charge on any atom is 0.220 e. The highest BCUT2D eigenvalue weighted by molar-refractivity contribution is 6.30. The second-order valence-electron chi connectivity index (χ2n) is 5.78. The molecule has 24 heavy (non-hydrogen) atoms. The third kappa shape index (κ3) is 5.27. The quantitative estimate of drug-likeness (QED) is 0.744. The number of aryl methyl sites for hydroxylation is 2. The van der Waals surface area contributed by atoms with Crippen LogP contribution in [0.15, 0.2) is 24.3 Å². The lowest BCUT2D eigenvalue weighted by Gasteiger charge is -2.07. The molecule has 2 aromatic rings. The Labute approximate surface area is 148 Å². The summed E-state index contributed by atoms with van der Waals surface area (Å²) >= 11 is 5.81. The van der Waals surface area contributed by atoms with Gasteiger partial charge in [0.1, 0.15) is 5.75 Å². The molecule has 0 aliphatic heterocycles. The van der Waals surface area contributed by atoms with Crippen LogP contribution in [0.5, 0.6) is 5.75 Å². The van der Waals surface area contributed by atoms with Crippen LogP contribution in [0, 0.1) is 13.8 Å². The van der Waals surface area contributed by atoms with Gasteiger partial charge in [-0.25, -0.2) is 0 Å². The van der Waals surface area contributed by atoms with Crippen LogP contribution in [0.1, 0.15) is 29.8 Å². The van der Waals surface area contributed by atoms with Gasteiger partial charge in [-0.2, -0.15) is 5.10 Å². The fraction of sp³-hybridized carbons (Fsp3) is 0.444. The number of hydrogen-bond donors (Lipinski definition) is 1. The largest absolute Gasteiger partial charge is 0.494 e. The lowest BCUT2D eigenvalue weighted by atomic mass is 10.1. The molecule has 1 aromatic heterocycles. The van der Waals surface area contributed by atoms with Gasteiger partial charge >= 0.3 is 0 Å². The van der Waals surface area contributed by atoms with E-state index in [4.69, 9.17) is 16.3 Å². The number of carbonyl (C=O) groups is 1. The predicted octanol–water partition coefficient (Wildman–Crippen LogP) is 3.21. The minimum absolute atomic E-state index is 0.0499. The smallest absolute Gasteiger partial charge is 0.220 e. The molecule has 1 heterocycles. The van der Waals surface area contributed by atoms with Crippen LogP contribution < -0.4 is 10.1 Å². The van der Waals surface area contributed by atoms with Crippen molar-refractivity contribution in [2.45, 2.75) is 33.1 Å². The highest BCUT2D eigenvalue weighted by Gasteiger charge is 2.09. The first-order valence-electron chi connectivity index (χ1n) is 8.11. The summed E-state index contributed by atoms with van der Waals surface area (Å²) in [5.74, 6) is 0.816. The molecule has 0 atom stereocenters. The van der Waals surface area contributed by atoms with Crippen molar-refractivity contribution in [3.63, 3.8) is 0 Å². The molecule has 0 fully saturated rings. The zero-order chi connectivity index (χ0) is 17.5. The Morgan fingerprint density at radius 1 is 1.29 bits per heavy atom. The van der Waals surface area contributed by atoms with Gasteiger partial charge in [0.15, 0.2) is 0 Å². The molecule has 0 unspecified atom stereocenters. The van der Waals surface area contributed by atoms with Crippen molar-refractivity contribution in [2.75, 3.05) is 13.2 Å². The van der Waals surface area contributed by atoms with Crippen LogP contribution in [-0.4, -0.2) is 28.8 Å². The third-order valence-corrected chi connectivity index (χ3v) is 4.24. The number of hydrogen-bond acceptors (Lipinski definition) is 3. The average Bonchev–Trinajstić information content (AvgIpc) is 2.79. The van der Waals surface area contributed by atoms with E-state index in [1.165, 1.54) is 5.56 Å². The summed E-state index contributed by atoms with van der Waals surface area (Å²) in [7, 11) is 1.94. The lowest BCUT2D eigenvalue weighted by molar-refractivity contribution is -0.121. The van der Waals surface area contributed by atoms with Crippen molar-refractivity contribution in [1.82, 2.24) is 15.1 Å². The number of halogens is 1. The number of aromatic nitrogens is 2. The number of carbonyl (C=O) groups excluding carboxylic acids is 1. The van der Waals surface area contributed by atoms with Crippen LogP contribution in [0.3, 0.4) is 0 Å². The molecule has 130 valence electrons. The Kier molecular flexibility index (Phi) is 6.67. The Morgan fingerprint density at radius 3 is 2.62 bits per heavy atom. The number of ether oxygens (including phenoxy) is 1. The molecule has 2 rings (SSSR count). The van der Waals surface area contributed by atoms with Crippen molar-refractivity contribution in [2.24, 2.45) is 7.05 Å². The van der Waals surface area contributed by atoms with Crippen molar-refractivity contribution < 1.29 is 9.53 Å². The number of benzene rings is 1. The molecule has 0 aliphatic carbocycles. The molecule has 6 heteroatoms. The van der Waals surface area contributed by atoms with Crippen LogP contribution >= 0.6 is 11.6 Å². The molecule has 0 aliphatic rings. The zero-order valence-electron chi connectivity index (χ0n) is 14.4. The fourth-order valence-electron chi connectivity index (χ4n) is 2.55. The van der Waals surface area contributed by atoms with Gasteiger partial charge in [-0.1, -0.05) is 11.6 Å². The van der Waals surface area contributed by atoms with E-state index < -0.39 is 0 Å². The maximum absolute atomic E-state index is 11.9. The summed E-state index contributed by atoms with van der Waals surface area (Å²) < 4.78 is 7.45. The molecule has 1 N–H and O–H groups in total. The average molecular weight is 350 g/mol. The molecule has 5 nitrogen and oxygen atoms in total. The van der Waals surface area contributed by atoms with Crippen LogP contribution in [-0.2, 0) is 18.3 Å². The molecule has 0 bridgehead atoms. The van der Waals surface area contributed by atoms with Gasteiger partial charge in [-0.3, -0.25) is 9.48 Å². The van der Waals surface area contributed by atoms with E-state index in [-0.39, 0.29) is 5.91 Å². The Hall–Kier alpha value is -2.01. The van der Waals surface area contributed by atoms with E-state index in [1.807, 2.05) is 37.7 Å². The van der Waals surface area contributed by atoms with E-state index in [0.29, 0.717) is 31.0 Å². The van der Waals surface area contributed by atoms with Crippen LogP contribution in [0.2, 0.25) is 5.02 Å². The minimum atomic E-state index is 0.0499. The Morgan fingerprint density at radius 2 is 2.00 bits per heavy atom. The van der Waals surface area contributed by atoms with E-state index in [9.17, 15) is 4.79 Å². The van der Waals surface area contributed by atoms with E-state index in [0.717, 1.165) is 23.6 Å². The third-order valence-electron chi connectivity index (χ3n) is 3.99. The molecular weight excluding hydrogens is 326 g/mol. The zero-order valence-corrected chi connectivity index (χ0v) is 15.2. The monoisotopic (exact) mass is 349 g/mol. The highest BCUT2D eigenvalue weighted by Crippen LogP contribution is 2.15. The molecule has 0 radical (unpaired) electrons. The molecule has 1 amide bonds. The topological polar surface area (TPSA) is 56.2 Å². The summed E-state index contributed by atoms with van der Waals surface area (Å²) in [5.41, 5.74) is 3.39. The van der Waals surface area contributed by atoms with Gasteiger partial charge < -0.3 is 10.1 Å². The summed E-state index contributed by atoms with van der Waals surface area (Å²) in [6.45, 7) is 5.18. The van der Waals surface area contributed by atoms with Gasteiger partial charge in [0.25, 0.3) is 0 Å². The summed E-state index contributed by atoms with van der Waals surface area (Å²) in [6.07, 6.45) is 1.94. The first kappa shape index (κ1) is 18.3. The standard InChI is InChI=1S/C18H24ClN3O2/c1-13-17(14(2)22(3)21-13)10-11-20-18(23)5-4-12-24-16-8-6-15(19)7-9-16/h6-9H,4-5,10-12H2,1-3H3,(H,20,23). The second kappa shape index (κ2) is 8.73. The summed E-state index contributed by atoms with van der Waals surface area (Å²) in [6, 6.07) is 7.21. The van der Waals surface area contributed by atoms with Crippen molar-refractivity contribution in [3.05, 3.63) is 46.2 Å². The number of rotatable bonds is 8. The lowest BCUT2D eigenvalue weighted by Crippen LogP contribution is -2.26. The predicted molar refractivity (Wildman–Crippen MR) is 95.6 cm³/mol. The number of nitrogens with zero attached hydrogens (tertiary/aromatic N) is 2. The maximum atomic E-state index is 11.9. The fourth-order valence-corrected chi connectivity index (χ4v) is 2.67. The summed E-state index contributed by atoms with van der Waals surface area (Å²) in [4.78, 5) is 11.9. The molecule has 0 saturated carbocycles. The van der Waals surface area contributed by atoms with Crippen LogP contribution in [0.25, 0.3) is 0 Å². The van der Waals surface area contributed by atoms with Crippen LogP contribution in [0.4, 0.5) is 0 Å². The van der Waals surface area contributed by atoms with Gasteiger partial charge in [0.05, 0.1) is 12.3 Å². The van der Waals surface area contributed by atoms with Crippen molar-refractivity contribution in [1.29, 1.82) is 0 Å².